The predicted molar refractivity (Wildman–Crippen MR) is 128 cm³/mol. The molecule has 0 bridgehead atoms. The van der Waals surface area contributed by atoms with Gasteiger partial charge in [0.2, 0.25) is 15.9 Å². The second-order valence-electron chi connectivity index (χ2n) is 7.58. The fourth-order valence-electron chi connectivity index (χ4n) is 3.43. The molecule has 2 heterocycles. The van der Waals surface area contributed by atoms with Crippen molar-refractivity contribution in [3.63, 3.8) is 0 Å². The Morgan fingerprint density at radius 3 is 2.62 bits per heavy atom. The number of carbonyl (C=O) groups is 1. The molecule has 4 rings (SSSR count). The van der Waals surface area contributed by atoms with Gasteiger partial charge < -0.3 is 10.2 Å². The van der Waals surface area contributed by atoms with Crippen molar-refractivity contribution in [1.29, 1.82) is 0 Å². The summed E-state index contributed by atoms with van der Waals surface area (Å²) in [5.41, 5.74) is 1.89. The molecular weight excluding hydrogens is 468 g/mol. The highest BCUT2D eigenvalue weighted by molar-refractivity contribution is 7.89. The zero-order chi connectivity index (χ0) is 22.7. The molecule has 0 saturated carbocycles. The first-order chi connectivity index (χ1) is 15.3. The van der Waals surface area contributed by atoms with Gasteiger partial charge in [-0.1, -0.05) is 35.9 Å². The molecule has 32 heavy (non-hydrogen) atoms. The Morgan fingerprint density at radius 2 is 1.88 bits per heavy atom. The van der Waals surface area contributed by atoms with E-state index >= 15 is 0 Å². The van der Waals surface area contributed by atoms with Gasteiger partial charge in [0.05, 0.1) is 22.0 Å². The molecule has 1 saturated heterocycles. The molecule has 1 amide bonds. The van der Waals surface area contributed by atoms with Crippen LogP contribution in [-0.2, 0) is 21.2 Å². The normalized spacial score (nSPS) is 15.6. The lowest BCUT2D eigenvalue weighted by atomic mass is 10.2. The summed E-state index contributed by atoms with van der Waals surface area (Å²) in [6, 6.07) is 13.8. The lowest BCUT2D eigenvalue weighted by molar-refractivity contribution is -0.115. The van der Waals surface area contributed by atoms with Crippen LogP contribution in [0.15, 0.2) is 58.8 Å². The summed E-state index contributed by atoms with van der Waals surface area (Å²) in [6.07, 6.45) is 0.0798. The van der Waals surface area contributed by atoms with Crippen LogP contribution < -0.4 is 5.32 Å². The van der Waals surface area contributed by atoms with E-state index in [1.165, 1.54) is 21.7 Å². The van der Waals surface area contributed by atoms with Crippen molar-refractivity contribution in [1.82, 2.24) is 14.2 Å². The van der Waals surface area contributed by atoms with E-state index in [1.54, 1.807) is 24.3 Å². The molecule has 1 aromatic heterocycles. The second kappa shape index (κ2) is 9.68. The average Bonchev–Trinajstić information content (AvgIpc) is 3.22. The van der Waals surface area contributed by atoms with E-state index in [0.29, 0.717) is 42.6 Å². The molecule has 1 fully saturated rings. The topological polar surface area (TPSA) is 82.6 Å². The Balaban J connectivity index is 1.43. The molecule has 168 valence electrons. The van der Waals surface area contributed by atoms with Crippen molar-refractivity contribution in [2.45, 2.75) is 11.3 Å². The van der Waals surface area contributed by atoms with E-state index in [0.717, 1.165) is 10.6 Å². The Hall–Kier alpha value is -2.30. The van der Waals surface area contributed by atoms with Crippen molar-refractivity contribution in [2.75, 3.05) is 38.5 Å². The number of likely N-dealkylation sites (N-methyl/N-ethyl adjacent to an activating group) is 1. The third kappa shape index (κ3) is 5.19. The minimum absolute atomic E-state index is 0.0798. The number of nitrogens with zero attached hydrogens (tertiary/aromatic N) is 3. The number of anilines is 1. The Labute approximate surface area is 196 Å². The van der Waals surface area contributed by atoms with Crippen molar-refractivity contribution in [2.24, 2.45) is 0 Å². The summed E-state index contributed by atoms with van der Waals surface area (Å²) in [7, 11) is -1.63. The maximum absolute atomic E-state index is 13.0. The fourth-order valence-corrected chi connectivity index (χ4v) is 6.04. The number of thiazole rings is 1. The van der Waals surface area contributed by atoms with E-state index in [9.17, 15) is 13.2 Å². The lowest BCUT2D eigenvalue weighted by Crippen LogP contribution is -2.47. The minimum Gasteiger partial charge on any atom is -0.326 e. The number of aromatic nitrogens is 1. The van der Waals surface area contributed by atoms with E-state index in [1.807, 2.05) is 30.6 Å². The van der Waals surface area contributed by atoms with E-state index in [4.69, 9.17) is 11.6 Å². The van der Waals surface area contributed by atoms with Crippen LogP contribution in [0.4, 0.5) is 5.69 Å². The first-order valence-corrected chi connectivity index (χ1v) is 12.8. The molecule has 0 spiro atoms. The number of amides is 1. The van der Waals surface area contributed by atoms with Gasteiger partial charge >= 0.3 is 0 Å². The zero-order valence-corrected chi connectivity index (χ0v) is 19.9. The van der Waals surface area contributed by atoms with Gasteiger partial charge in [0.1, 0.15) is 5.01 Å². The molecular formula is C22H23ClN4O3S2. The maximum atomic E-state index is 13.0. The first kappa shape index (κ1) is 22.9. The van der Waals surface area contributed by atoms with Crippen LogP contribution in [-0.4, -0.2) is 61.7 Å². The third-order valence-electron chi connectivity index (χ3n) is 5.22. The molecule has 0 aliphatic carbocycles. The van der Waals surface area contributed by atoms with Gasteiger partial charge in [-0.05, 0) is 31.3 Å². The number of rotatable bonds is 6. The quantitative estimate of drug-likeness (QED) is 0.571. The van der Waals surface area contributed by atoms with Gasteiger partial charge in [-0.25, -0.2) is 13.4 Å². The summed E-state index contributed by atoms with van der Waals surface area (Å²) in [5.74, 6) is -0.268. The zero-order valence-electron chi connectivity index (χ0n) is 17.5. The van der Waals surface area contributed by atoms with Crippen molar-refractivity contribution in [3.05, 3.63) is 64.6 Å². The van der Waals surface area contributed by atoms with Crippen LogP contribution in [0.5, 0.6) is 0 Å². The predicted octanol–water partition coefficient (Wildman–Crippen LogP) is 3.58. The van der Waals surface area contributed by atoms with Gasteiger partial charge in [0.25, 0.3) is 0 Å². The van der Waals surface area contributed by atoms with Gasteiger partial charge in [0.15, 0.2) is 0 Å². The highest BCUT2D eigenvalue weighted by Crippen LogP contribution is 2.30. The monoisotopic (exact) mass is 490 g/mol. The molecule has 2 aromatic carbocycles. The van der Waals surface area contributed by atoms with Gasteiger partial charge in [-0.2, -0.15) is 4.31 Å². The van der Waals surface area contributed by atoms with Crippen LogP contribution in [0.3, 0.4) is 0 Å². The molecule has 0 radical (unpaired) electrons. The fraction of sp³-hybridized carbons (Fsp3) is 0.273. The molecule has 0 atom stereocenters. The number of nitrogens with one attached hydrogen (secondary N) is 1. The molecule has 10 heteroatoms. The highest BCUT2D eigenvalue weighted by atomic mass is 35.5. The number of halogens is 1. The van der Waals surface area contributed by atoms with E-state index in [2.05, 4.69) is 15.2 Å². The Kier molecular flexibility index (Phi) is 6.92. The lowest BCUT2D eigenvalue weighted by Gasteiger charge is -2.31. The third-order valence-corrected chi connectivity index (χ3v) is 8.36. The largest absolute Gasteiger partial charge is 0.326 e. The van der Waals surface area contributed by atoms with Crippen molar-refractivity contribution < 1.29 is 13.2 Å². The summed E-state index contributed by atoms with van der Waals surface area (Å²) in [4.78, 5) is 19.3. The summed E-state index contributed by atoms with van der Waals surface area (Å²) in [6.45, 7) is 2.29. The number of benzene rings is 2. The van der Waals surface area contributed by atoms with Crippen molar-refractivity contribution in [3.8, 4) is 10.6 Å². The number of hydrogen-bond donors (Lipinski definition) is 1. The van der Waals surface area contributed by atoms with Crippen molar-refractivity contribution >= 4 is 44.6 Å². The van der Waals surface area contributed by atoms with Gasteiger partial charge in [0, 0.05) is 42.8 Å². The molecule has 1 aliphatic heterocycles. The number of piperazine rings is 1. The standard InChI is InChI=1S/C22H23ClN4O3S2/c1-26-9-11-27(12-10-26)32(29,30)18-6-4-5-16(13-18)24-21(28)14-17-15-31-22(25-17)19-7-2-3-8-20(19)23/h2-8,13,15H,9-12,14H2,1H3,(H,24,28). The first-order valence-electron chi connectivity index (χ1n) is 10.1. The smallest absolute Gasteiger partial charge is 0.243 e. The second-order valence-corrected chi connectivity index (χ2v) is 10.8. The molecule has 7 nitrogen and oxygen atoms in total. The number of carbonyl (C=O) groups excluding carboxylic acids is 1. The van der Waals surface area contributed by atoms with Crippen LogP contribution >= 0.6 is 22.9 Å². The highest BCUT2D eigenvalue weighted by Gasteiger charge is 2.27. The summed E-state index contributed by atoms with van der Waals surface area (Å²) in [5, 5.41) is 5.96. The summed E-state index contributed by atoms with van der Waals surface area (Å²) >= 11 is 7.65. The van der Waals surface area contributed by atoms with Crippen LogP contribution in [0.25, 0.3) is 10.6 Å². The SMILES string of the molecule is CN1CCN(S(=O)(=O)c2cccc(NC(=O)Cc3csc(-c4ccccc4Cl)n3)c2)CC1. The number of hydrogen-bond acceptors (Lipinski definition) is 6. The van der Waals surface area contributed by atoms with Gasteiger partial charge in [-0.15, -0.1) is 11.3 Å². The average molecular weight is 491 g/mol. The molecule has 0 unspecified atom stereocenters. The Bertz CT molecular complexity index is 1220. The molecule has 1 aliphatic rings. The number of sulfonamides is 1. The van der Waals surface area contributed by atoms with Crippen LogP contribution in [0, 0.1) is 0 Å². The van der Waals surface area contributed by atoms with E-state index in [-0.39, 0.29) is 17.2 Å². The molecule has 1 N–H and O–H groups in total. The van der Waals surface area contributed by atoms with Crippen LogP contribution in [0.1, 0.15) is 5.69 Å². The maximum Gasteiger partial charge on any atom is 0.243 e. The molecule has 3 aromatic rings. The van der Waals surface area contributed by atoms with Crippen LogP contribution in [0.2, 0.25) is 5.02 Å². The van der Waals surface area contributed by atoms with Gasteiger partial charge in [-0.3, -0.25) is 4.79 Å². The van der Waals surface area contributed by atoms with E-state index < -0.39 is 10.0 Å². The Morgan fingerprint density at radius 1 is 1.12 bits per heavy atom. The minimum atomic E-state index is -3.60. The summed E-state index contributed by atoms with van der Waals surface area (Å²) < 4.78 is 27.4.